The minimum atomic E-state index is -0.0827. The van der Waals surface area contributed by atoms with Crippen LogP contribution >= 0.6 is 22.9 Å². The number of ether oxygens (including phenoxy) is 2. The quantitative estimate of drug-likeness (QED) is 0.528. The Hall–Kier alpha value is -2.62. The van der Waals surface area contributed by atoms with Gasteiger partial charge in [0, 0.05) is 31.7 Å². The first kappa shape index (κ1) is 21.6. The first-order valence-electron chi connectivity index (χ1n) is 9.97. The molecule has 1 aliphatic heterocycles. The van der Waals surface area contributed by atoms with Crippen molar-refractivity contribution in [2.24, 2.45) is 0 Å². The van der Waals surface area contributed by atoms with Crippen molar-refractivity contribution in [3.05, 3.63) is 46.1 Å². The minimum absolute atomic E-state index is 0.0827. The van der Waals surface area contributed by atoms with Gasteiger partial charge in [0.1, 0.15) is 0 Å². The first-order valence-corrected chi connectivity index (χ1v) is 11.2. The summed E-state index contributed by atoms with van der Waals surface area (Å²) < 4.78 is 16.3. The van der Waals surface area contributed by atoms with Gasteiger partial charge < -0.3 is 18.9 Å². The number of rotatable bonds is 7. The Balaban J connectivity index is 1.36. The Bertz CT molecular complexity index is 1030. The molecule has 0 unspecified atom stereocenters. The molecule has 0 aliphatic carbocycles. The maximum absolute atomic E-state index is 13.0. The van der Waals surface area contributed by atoms with E-state index >= 15 is 0 Å². The second-order valence-electron chi connectivity index (χ2n) is 6.98. The summed E-state index contributed by atoms with van der Waals surface area (Å²) in [6.07, 6.45) is 0. The van der Waals surface area contributed by atoms with Gasteiger partial charge in [-0.05, 0) is 30.5 Å². The number of hydrogen-bond donors (Lipinski definition) is 0. The van der Waals surface area contributed by atoms with Crippen LogP contribution in [0.1, 0.15) is 23.2 Å². The molecule has 164 valence electrons. The highest BCUT2D eigenvalue weighted by molar-refractivity contribution is 7.13. The van der Waals surface area contributed by atoms with Crippen molar-refractivity contribution in [2.45, 2.75) is 13.5 Å². The number of hydrogen-bond acceptors (Lipinski definition) is 8. The van der Waals surface area contributed by atoms with E-state index in [1.165, 1.54) is 7.11 Å². The Morgan fingerprint density at radius 2 is 2.10 bits per heavy atom. The van der Waals surface area contributed by atoms with E-state index in [1.54, 1.807) is 23.5 Å². The molecule has 8 nitrogen and oxygen atoms in total. The van der Waals surface area contributed by atoms with E-state index in [9.17, 15) is 4.79 Å². The van der Waals surface area contributed by atoms with Crippen molar-refractivity contribution in [1.82, 2.24) is 19.9 Å². The van der Waals surface area contributed by atoms with Crippen LogP contribution in [0.3, 0.4) is 0 Å². The van der Waals surface area contributed by atoms with Gasteiger partial charge in [0.05, 0.1) is 30.2 Å². The molecule has 1 fully saturated rings. The second-order valence-corrected chi connectivity index (χ2v) is 8.33. The average molecular weight is 463 g/mol. The van der Waals surface area contributed by atoms with Crippen LogP contribution in [0.2, 0.25) is 5.02 Å². The standard InChI is InChI=1S/C21H23ClN4O4S/c1-3-29-19-15(22)11-14(12-16(19)28-2)21(27)26-8-6-25(7-9-26)13-18-23-20(24-30-18)17-5-4-10-31-17/h4-5,10-12H,3,6-9,13H2,1-2H3. The maximum Gasteiger partial charge on any atom is 0.254 e. The van der Waals surface area contributed by atoms with Crippen LogP contribution in [-0.4, -0.2) is 65.7 Å². The van der Waals surface area contributed by atoms with Gasteiger partial charge in [-0.15, -0.1) is 11.3 Å². The molecule has 0 N–H and O–H groups in total. The highest BCUT2D eigenvalue weighted by Crippen LogP contribution is 2.36. The Kier molecular flexibility index (Phi) is 6.74. The molecule has 1 aliphatic rings. The SMILES string of the molecule is CCOc1c(Cl)cc(C(=O)N2CCN(Cc3nc(-c4cccs4)no3)CC2)cc1OC. The van der Waals surface area contributed by atoms with E-state index in [2.05, 4.69) is 15.0 Å². The smallest absolute Gasteiger partial charge is 0.254 e. The van der Waals surface area contributed by atoms with Crippen LogP contribution in [0, 0.1) is 0 Å². The average Bonchev–Trinajstić information content (AvgIpc) is 3.47. The highest BCUT2D eigenvalue weighted by atomic mass is 35.5. The molecule has 3 aromatic rings. The lowest BCUT2D eigenvalue weighted by atomic mass is 10.1. The van der Waals surface area contributed by atoms with Crippen molar-refractivity contribution in [3.8, 4) is 22.2 Å². The number of halogens is 1. The molecule has 0 bridgehead atoms. The monoisotopic (exact) mass is 462 g/mol. The normalized spacial score (nSPS) is 14.6. The summed E-state index contributed by atoms with van der Waals surface area (Å²) in [5.74, 6) is 2.01. The molecular weight excluding hydrogens is 440 g/mol. The van der Waals surface area contributed by atoms with Crippen LogP contribution in [0.5, 0.6) is 11.5 Å². The zero-order valence-corrected chi connectivity index (χ0v) is 18.9. The number of carbonyl (C=O) groups is 1. The Morgan fingerprint density at radius 1 is 1.29 bits per heavy atom. The van der Waals surface area contributed by atoms with Crippen molar-refractivity contribution in [1.29, 1.82) is 0 Å². The van der Waals surface area contributed by atoms with Crippen LogP contribution in [0.25, 0.3) is 10.7 Å². The maximum atomic E-state index is 13.0. The van der Waals surface area contributed by atoms with Gasteiger partial charge in [0.25, 0.3) is 5.91 Å². The van der Waals surface area contributed by atoms with Gasteiger partial charge in [-0.25, -0.2) is 0 Å². The minimum Gasteiger partial charge on any atom is -0.493 e. The molecule has 1 saturated heterocycles. The summed E-state index contributed by atoms with van der Waals surface area (Å²) in [5, 5.41) is 6.39. The Labute approximate surface area is 189 Å². The number of benzene rings is 1. The summed E-state index contributed by atoms with van der Waals surface area (Å²) in [5.41, 5.74) is 0.483. The number of aromatic nitrogens is 2. The topological polar surface area (TPSA) is 80.9 Å². The van der Waals surface area contributed by atoms with Gasteiger partial charge in [0.15, 0.2) is 11.5 Å². The summed E-state index contributed by atoms with van der Waals surface area (Å²) in [6, 6.07) is 7.23. The van der Waals surface area contributed by atoms with Crippen molar-refractivity contribution >= 4 is 28.8 Å². The summed E-state index contributed by atoms with van der Waals surface area (Å²) in [4.78, 5) is 22.5. The van der Waals surface area contributed by atoms with E-state index in [-0.39, 0.29) is 5.91 Å². The highest BCUT2D eigenvalue weighted by Gasteiger charge is 2.25. The fourth-order valence-corrected chi connectivity index (χ4v) is 4.35. The van der Waals surface area contributed by atoms with Gasteiger partial charge >= 0.3 is 0 Å². The predicted molar refractivity (Wildman–Crippen MR) is 118 cm³/mol. The summed E-state index contributed by atoms with van der Waals surface area (Å²) in [7, 11) is 1.53. The third kappa shape index (κ3) is 4.84. The number of carbonyl (C=O) groups excluding carboxylic acids is 1. The number of nitrogens with zero attached hydrogens (tertiary/aromatic N) is 4. The van der Waals surface area contributed by atoms with Crippen molar-refractivity contribution < 1.29 is 18.8 Å². The lowest BCUT2D eigenvalue weighted by Crippen LogP contribution is -2.48. The van der Waals surface area contributed by atoms with Gasteiger partial charge in [-0.1, -0.05) is 22.8 Å². The molecule has 0 spiro atoms. The molecular formula is C21H23ClN4O4S. The number of amides is 1. The summed E-state index contributed by atoms with van der Waals surface area (Å²) >= 11 is 7.90. The number of methoxy groups -OCH3 is 1. The second kappa shape index (κ2) is 9.67. The first-order chi connectivity index (χ1) is 15.1. The molecule has 1 aromatic carbocycles. The fraction of sp³-hybridized carbons (Fsp3) is 0.381. The lowest BCUT2D eigenvalue weighted by Gasteiger charge is -2.34. The van der Waals surface area contributed by atoms with E-state index in [1.807, 2.05) is 29.3 Å². The van der Waals surface area contributed by atoms with E-state index < -0.39 is 0 Å². The van der Waals surface area contributed by atoms with Gasteiger partial charge in [-0.2, -0.15) is 4.98 Å². The van der Waals surface area contributed by atoms with Crippen LogP contribution < -0.4 is 9.47 Å². The Morgan fingerprint density at radius 3 is 2.77 bits per heavy atom. The lowest BCUT2D eigenvalue weighted by molar-refractivity contribution is 0.0614. The van der Waals surface area contributed by atoms with E-state index in [0.717, 1.165) is 4.88 Å². The molecule has 0 radical (unpaired) electrons. The van der Waals surface area contributed by atoms with Crippen molar-refractivity contribution in [3.63, 3.8) is 0 Å². The zero-order valence-electron chi connectivity index (χ0n) is 17.3. The predicted octanol–water partition coefficient (Wildman–Crippen LogP) is 3.82. The zero-order chi connectivity index (χ0) is 21.8. The molecule has 0 atom stereocenters. The van der Waals surface area contributed by atoms with Gasteiger partial charge in [-0.3, -0.25) is 9.69 Å². The fourth-order valence-electron chi connectivity index (χ4n) is 3.44. The molecule has 0 saturated carbocycles. The molecule has 4 rings (SSSR count). The molecule has 31 heavy (non-hydrogen) atoms. The largest absolute Gasteiger partial charge is 0.493 e. The van der Waals surface area contributed by atoms with Gasteiger partial charge in [0.2, 0.25) is 11.7 Å². The van der Waals surface area contributed by atoms with E-state index in [4.69, 9.17) is 25.6 Å². The van der Waals surface area contributed by atoms with E-state index in [0.29, 0.717) is 73.1 Å². The van der Waals surface area contributed by atoms with Crippen molar-refractivity contribution in [2.75, 3.05) is 39.9 Å². The summed E-state index contributed by atoms with van der Waals surface area (Å²) in [6.45, 7) is 5.50. The molecule has 3 heterocycles. The third-order valence-electron chi connectivity index (χ3n) is 4.99. The van der Waals surface area contributed by atoms with Crippen LogP contribution in [-0.2, 0) is 6.54 Å². The molecule has 2 aromatic heterocycles. The molecule has 10 heteroatoms. The molecule has 1 amide bonds. The third-order valence-corrected chi connectivity index (χ3v) is 6.14. The number of thiophene rings is 1. The van der Waals surface area contributed by atoms with Crippen LogP contribution in [0.4, 0.5) is 0 Å². The van der Waals surface area contributed by atoms with Crippen LogP contribution in [0.15, 0.2) is 34.2 Å². The number of piperazine rings is 1.